The number of fused-ring (bicyclic) bond motifs is 1. The second kappa shape index (κ2) is 6.02. The number of piperidine rings is 1. The lowest BCUT2D eigenvalue weighted by atomic mass is 10.1. The molecule has 0 aliphatic carbocycles. The van der Waals surface area contributed by atoms with Crippen LogP contribution < -0.4 is 0 Å². The molecule has 3 rings (SSSR count). The largest absolute Gasteiger partial charge is 0.341 e. The standard InChI is InChI=1S/C15H17ClFN3O/c16-9-14-18-12-8-11(17)4-5-13(12)20(14)10-15(21)19-6-2-1-3-7-19/h4-5,8H,1-3,6-7,9-10H2. The minimum absolute atomic E-state index is 0.0738. The molecule has 0 N–H and O–H groups in total. The zero-order valence-corrected chi connectivity index (χ0v) is 12.4. The van der Waals surface area contributed by atoms with Gasteiger partial charge in [-0.3, -0.25) is 4.79 Å². The van der Waals surface area contributed by atoms with E-state index in [1.54, 1.807) is 10.6 Å². The van der Waals surface area contributed by atoms with E-state index in [0.717, 1.165) is 31.4 Å². The fourth-order valence-corrected chi connectivity index (χ4v) is 3.01. The average Bonchev–Trinajstić information content (AvgIpc) is 2.85. The van der Waals surface area contributed by atoms with Gasteiger partial charge < -0.3 is 9.47 Å². The molecule has 21 heavy (non-hydrogen) atoms. The number of aromatic nitrogens is 2. The van der Waals surface area contributed by atoms with Crippen molar-refractivity contribution >= 4 is 28.5 Å². The first-order chi connectivity index (χ1) is 10.2. The minimum Gasteiger partial charge on any atom is -0.341 e. The molecule has 2 heterocycles. The van der Waals surface area contributed by atoms with Gasteiger partial charge in [-0.25, -0.2) is 9.37 Å². The normalized spacial score (nSPS) is 15.6. The molecular formula is C15H17ClFN3O. The van der Waals surface area contributed by atoms with Crippen LogP contribution in [0.5, 0.6) is 0 Å². The van der Waals surface area contributed by atoms with Gasteiger partial charge in [0.25, 0.3) is 0 Å². The first-order valence-electron chi connectivity index (χ1n) is 7.17. The molecule has 1 saturated heterocycles. The zero-order chi connectivity index (χ0) is 14.8. The third kappa shape index (κ3) is 2.88. The molecule has 0 radical (unpaired) electrons. The number of halogens is 2. The second-order valence-electron chi connectivity index (χ2n) is 5.32. The first-order valence-corrected chi connectivity index (χ1v) is 7.71. The van der Waals surface area contributed by atoms with Crippen molar-refractivity contribution in [2.75, 3.05) is 13.1 Å². The number of nitrogens with zero attached hydrogens (tertiary/aromatic N) is 3. The Morgan fingerprint density at radius 1 is 1.29 bits per heavy atom. The van der Waals surface area contributed by atoms with Crippen LogP contribution in [-0.2, 0) is 17.2 Å². The van der Waals surface area contributed by atoms with Crippen LogP contribution in [0.2, 0.25) is 0 Å². The van der Waals surface area contributed by atoms with E-state index in [2.05, 4.69) is 4.98 Å². The number of carbonyl (C=O) groups is 1. The second-order valence-corrected chi connectivity index (χ2v) is 5.59. The zero-order valence-electron chi connectivity index (χ0n) is 11.7. The van der Waals surface area contributed by atoms with Crippen molar-refractivity contribution in [3.63, 3.8) is 0 Å². The molecule has 1 aliphatic rings. The summed E-state index contributed by atoms with van der Waals surface area (Å²) in [6, 6.07) is 4.40. The molecule has 1 aromatic heterocycles. The van der Waals surface area contributed by atoms with Gasteiger partial charge in [-0.2, -0.15) is 0 Å². The highest BCUT2D eigenvalue weighted by Crippen LogP contribution is 2.19. The number of benzene rings is 1. The molecule has 4 nitrogen and oxygen atoms in total. The van der Waals surface area contributed by atoms with Crippen molar-refractivity contribution in [3.05, 3.63) is 29.8 Å². The summed E-state index contributed by atoms with van der Waals surface area (Å²) in [5.74, 6) is 0.534. The molecule has 1 aliphatic heterocycles. The summed E-state index contributed by atoms with van der Waals surface area (Å²) < 4.78 is 15.1. The highest BCUT2D eigenvalue weighted by Gasteiger charge is 2.19. The van der Waals surface area contributed by atoms with Crippen molar-refractivity contribution < 1.29 is 9.18 Å². The van der Waals surface area contributed by atoms with Crippen LogP contribution in [0, 0.1) is 5.82 Å². The van der Waals surface area contributed by atoms with E-state index in [4.69, 9.17) is 11.6 Å². The molecule has 0 spiro atoms. The monoisotopic (exact) mass is 309 g/mol. The van der Waals surface area contributed by atoms with Gasteiger partial charge in [-0.05, 0) is 31.4 Å². The van der Waals surface area contributed by atoms with Crippen LogP contribution in [0.1, 0.15) is 25.1 Å². The van der Waals surface area contributed by atoms with Crippen molar-refractivity contribution in [1.82, 2.24) is 14.5 Å². The fraction of sp³-hybridized carbons (Fsp3) is 0.467. The van der Waals surface area contributed by atoms with E-state index in [-0.39, 0.29) is 24.1 Å². The van der Waals surface area contributed by atoms with Crippen LogP contribution in [0.4, 0.5) is 4.39 Å². The van der Waals surface area contributed by atoms with Gasteiger partial charge in [0.2, 0.25) is 5.91 Å². The molecule has 0 bridgehead atoms. The Labute approximate surface area is 127 Å². The quantitative estimate of drug-likeness (QED) is 0.818. The molecule has 1 fully saturated rings. The van der Waals surface area contributed by atoms with Crippen LogP contribution in [0.25, 0.3) is 11.0 Å². The number of amides is 1. The lowest BCUT2D eigenvalue weighted by Gasteiger charge is -2.27. The van der Waals surface area contributed by atoms with Gasteiger partial charge in [0, 0.05) is 19.2 Å². The topological polar surface area (TPSA) is 38.1 Å². The Morgan fingerprint density at radius 3 is 2.76 bits per heavy atom. The van der Waals surface area contributed by atoms with Crippen molar-refractivity contribution in [3.8, 4) is 0 Å². The van der Waals surface area contributed by atoms with Crippen LogP contribution in [-0.4, -0.2) is 33.4 Å². The van der Waals surface area contributed by atoms with Crippen molar-refractivity contribution in [1.29, 1.82) is 0 Å². The summed E-state index contributed by atoms with van der Waals surface area (Å²) in [5, 5.41) is 0. The summed E-state index contributed by atoms with van der Waals surface area (Å²) >= 11 is 5.91. The van der Waals surface area contributed by atoms with E-state index in [1.165, 1.54) is 18.6 Å². The van der Waals surface area contributed by atoms with Gasteiger partial charge in [0.1, 0.15) is 18.2 Å². The Hall–Kier alpha value is -1.62. The maximum atomic E-state index is 13.3. The Bertz CT molecular complexity index is 664. The molecule has 0 unspecified atom stereocenters. The third-order valence-corrected chi connectivity index (χ3v) is 4.15. The number of alkyl halides is 1. The first kappa shape index (κ1) is 14.3. The molecule has 0 saturated carbocycles. The summed E-state index contributed by atoms with van der Waals surface area (Å²) in [6.07, 6.45) is 3.30. The Kier molecular flexibility index (Phi) is 4.10. The number of likely N-dealkylation sites (tertiary alicyclic amines) is 1. The van der Waals surface area contributed by atoms with E-state index < -0.39 is 0 Å². The summed E-state index contributed by atoms with van der Waals surface area (Å²) in [5.41, 5.74) is 1.29. The van der Waals surface area contributed by atoms with E-state index in [1.807, 2.05) is 4.90 Å². The maximum absolute atomic E-state index is 13.3. The van der Waals surface area contributed by atoms with Crippen molar-refractivity contribution in [2.24, 2.45) is 0 Å². The molecule has 112 valence electrons. The highest BCUT2D eigenvalue weighted by atomic mass is 35.5. The summed E-state index contributed by atoms with van der Waals surface area (Å²) in [7, 11) is 0. The van der Waals surface area contributed by atoms with Gasteiger partial charge in [0.05, 0.1) is 16.9 Å². The predicted octanol–water partition coefficient (Wildman–Crippen LogP) is 2.93. The van der Waals surface area contributed by atoms with E-state index in [0.29, 0.717) is 11.3 Å². The fourth-order valence-electron chi connectivity index (χ4n) is 2.81. The molecule has 1 amide bonds. The van der Waals surface area contributed by atoms with Crippen LogP contribution >= 0.6 is 11.6 Å². The van der Waals surface area contributed by atoms with Crippen LogP contribution in [0.3, 0.4) is 0 Å². The number of rotatable bonds is 3. The van der Waals surface area contributed by atoms with Crippen molar-refractivity contribution in [2.45, 2.75) is 31.7 Å². The van der Waals surface area contributed by atoms with Crippen LogP contribution in [0.15, 0.2) is 18.2 Å². The smallest absolute Gasteiger partial charge is 0.242 e. The molecular weight excluding hydrogens is 293 g/mol. The van der Waals surface area contributed by atoms with Gasteiger partial charge in [0.15, 0.2) is 0 Å². The average molecular weight is 310 g/mol. The maximum Gasteiger partial charge on any atom is 0.242 e. The number of carbonyl (C=O) groups excluding carboxylic acids is 1. The third-order valence-electron chi connectivity index (χ3n) is 3.91. The lowest BCUT2D eigenvalue weighted by molar-refractivity contribution is -0.132. The minimum atomic E-state index is -0.337. The molecule has 0 atom stereocenters. The summed E-state index contributed by atoms with van der Waals surface area (Å²) in [4.78, 5) is 18.6. The Morgan fingerprint density at radius 2 is 2.05 bits per heavy atom. The Balaban J connectivity index is 1.89. The molecule has 6 heteroatoms. The van der Waals surface area contributed by atoms with E-state index in [9.17, 15) is 9.18 Å². The highest BCUT2D eigenvalue weighted by molar-refractivity contribution is 6.16. The SMILES string of the molecule is O=C(Cn1c(CCl)nc2cc(F)ccc21)N1CCCCC1. The van der Waals surface area contributed by atoms with E-state index >= 15 is 0 Å². The summed E-state index contributed by atoms with van der Waals surface area (Å²) in [6.45, 7) is 1.84. The number of hydrogen-bond acceptors (Lipinski definition) is 2. The number of imidazole rings is 1. The molecule has 1 aromatic carbocycles. The van der Waals surface area contributed by atoms with Gasteiger partial charge in [-0.15, -0.1) is 11.6 Å². The lowest BCUT2D eigenvalue weighted by Crippen LogP contribution is -2.38. The predicted molar refractivity (Wildman–Crippen MR) is 79.7 cm³/mol. The van der Waals surface area contributed by atoms with Gasteiger partial charge >= 0.3 is 0 Å². The molecule has 2 aromatic rings. The van der Waals surface area contributed by atoms with Gasteiger partial charge in [-0.1, -0.05) is 0 Å². The number of hydrogen-bond donors (Lipinski definition) is 0.